The summed E-state index contributed by atoms with van der Waals surface area (Å²) < 4.78 is 26.4. The van der Waals surface area contributed by atoms with Gasteiger partial charge in [0.05, 0.1) is 5.54 Å². The summed E-state index contributed by atoms with van der Waals surface area (Å²) >= 11 is 1.57. The van der Waals surface area contributed by atoms with Crippen molar-refractivity contribution in [1.29, 1.82) is 0 Å². The minimum Gasteiger partial charge on any atom is -0.318 e. The van der Waals surface area contributed by atoms with Crippen LogP contribution in [0.2, 0.25) is 0 Å². The SMILES string of the molecule is Cc1cc(C(C)(N)c2cc(F)cc(F)c2)cs1. The maximum absolute atomic E-state index is 13.2. The number of hydrogen-bond donors (Lipinski definition) is 1. The third-order valence-corrected chi connectivity index (χ3v) is 3.65. The van der Waals surface area contributed by atoms with Crippen LogP contribution in [0.3, 0.4) is 0 Å². The van der Waals surface area contributed by atoms with E-state index in [1.807, 2.05) is 18.4 Å². The highest BCUT2D eigenvalue weighted by atomic mass is 32.1. The number of thiophene rings is 1. The van der Waals surface area contributed by atoms with E-state index >= 15 is 0 Å². The van der Waals surface area contributed by atoms with Gasteiger partial charge in [-0.25, -0.2) is 8.78 Å². The van der Waals surface area contributed by atoms with Crippen LogP contribution in [0, 0.1) is 18.6 Å². The molecule has 0 fully saturated rings. The summed E-state index contributed by atoms with van der Waals surface area (Å²) in [4.78, 5) is 1.12. The Hall–Kier alpha value is -1.26. The zero-order valence-electron chi connectivity index (χ0n) is 9.63. The molecule has 0 saturated heterocycles. The lowest BCUT2D eigenvalue weighted by Crippen LogP contribution is -2.34. The average Bonchev–Trinajstić information content (AvgIpc) is 2.64. The molecule has 0 aliphatic rings. The molecule has 0 bridgehead atoms. The van der Waals surface area contributed by atoms with Gasteiger partial charge in [0, 0.05) is 10.9 Å². The molecular formula is C13H13F2NS. The molecule has 1 heterocycles. The second kappa shape index (κ2) is 4.20. The van der Waals surface area contributed by atoms with Crippen LogP contribution in [0.25, 0.3) is 0 Å². The van der Waals surface area contributed by atoms with Crippen LogP contribution in [0.5, 0.6) is 0 Å². The zero-order valence-corrected chi connectivity index (χ0v) is 10.4. The predicted octanol–water partition coefficient (Wildman–Crippen LogP) is 3.56. The largest absolute Gasteiger partial charge is 0.318 e. The molecule has 90 valence electrons. The van der Waals surface area contributed by atoms with Crippen LogP contribution in [0.1, 0.15) is 22.9 Å². The zero-order chi connectivity index (χ0) is 12.6. The van der Waals surface area contributed by atoms with Crippen molar-refractivity contribution in [2.75, 3.05) is 0 Å². The Bertz CT molecular complexity index is 526. The number of nitrogens with two attached hydrogens (primary N) is 1. The summed E-state index contributed by atoms with van der Waals surface area (Å²) in [6.45, 7) is 3.72. The van der Waals surface area contributed by atoms with Crippen molar-refractivity contribution in [2.45, 2.75) is 19.4 Å². The molecule has 1 unspecified atom stereocenters. The highest BCUT2D eigenvalue weighted by molar-refractivity contribution is 7.10. The standard InChI is InChI=1S/C13H13F2NS/c1-8-3-10(7-17-8)13(2,16)9-4-11(14)6-12(15)5-9/h3-7H,16H2,1-2H3. The molecule has 0 radical (unpaired) electrons. The maximum atomic E-state index is 13.2. The van der Waals surface area contributed by atoms with Crippen molar-refractivity contribution in [3.63, 3.8) is 0 Å². The summed E-state index contributed by atoms with van der Waals surface area (Å²) in [6.07, 6.45) is 0. The Kier molecular flexibility index (Phi) is 3.02. The molecule has 1 aromatic heterocycles. The molecule has 2 rings (SSSR count). The second-order valence-corrected chi connectivity index (χ2v) is 5.42. The van der Waals surface area contributed by atoms with Crippen LogP contribution in [-0.4, -0.2) is 0 Å². The Labute approximate surface area is 103 Å². The van der Waals surface area contributed by atoms with Crippen molar-refractivity contribution in [1.82, 2.24) is 0 Å². The molecule has 1 aromatic carbocycles. The lowest BCUT2D eigenvalue weighted by Gasteiger charge is -2.24. The van der Waals surface area contributed by atoms with Crippen molar-refractivity contribution in [3.05, 3.63) is 57.3 Å². The van der Waals surface area contributed by atoms with E-state index in [0.717, 1.165) is 16.5 Å². The third kappa shape index (κ3) is 2.37. The molecule has 2 N–H and O–H groups in total. The van der Waals surface area contributed by atoms with Gasteiger partial charge in [-0.2, -0.15) is 0 Å². The highest BCUT2D eigenvalue weighted by Crippen LogP contribution is 2.30. The first-order valence-electron chi connectivity index (χ1n) is 5.20. The van der Waals surface area contributed by atoms with Crippen LogP contribution in [0.15, 0.2) is 29.6 Å². The summed E-state index contributed by atoms with van der Waals surface area (Å²) in [5.41, 5.74) is 6.61. The fraction of sp³-hybridized carbons (Fsp3) is 0.231. The molecule has 0 aliphatic carbocycles. The van der Waals surface area contributed by atoms with E-state index in [1.54, 1.807) is 18.3 Å². The first-order chi connectivity index (χ1) is 7.89. The topological polar surface area (TPSA) is 26.0 Å². The van der Waals surface area contributed by atoms with Crippen LogP contribution in [0.4, 0.5) is 8.78 Å². The first-order valence-corrected chi connectivity index (χ1v) is 6.08. The molecule has 4 heteroatoms. The fourth-order valence-electron chi connectivity index (χ4n) is 1.74. The summed E-state index contributed by atoms with van der Waals surface area (Å²) in [5, 5.41) is 1.91. The number of halogens is 2. The molecule has 0 aliphatic heterocycles. The first kappa shape index (κ1) is 12.2. The molecular weight excluding hydrogens is 240 g/mol. The van der Waals surface area contributed by atoms with Crippen LogP contribution >= 0.6 is 11.3 Å². The van der Waals surface area contributed by atoms with E-state index in [0.29, 0.717) is 5.56 Å². The van der Waals surface area contributed by atoms with E-state index in [9.17, 15) is 8.78 Å². The van der Waals surface area contributed by atoms with Crippen molar-refractivity contribution < 1.29 is 8.78 Å². The fourth-order valence-corrected chi connectivity index (χ4v) is 2.56. The van der Waals surface area contributed by atoms with Gasteiger partial charge in [-0.15, -0.1) is 11.3 Å². The minimum atomic E-state index is -0.881. The van der Waals surface area contributed by atoms with Gasteiger partial charge in [-0.05, 0) is 48.6 Å². The van der Waals surface area contributed by atoms with E-state index in [4.69, 9.17) is 5.73 Å². The molecule has 1 atom stereocenters. The van der Waals surface area contributed by atoms with Crippen molar-refractivity contribution in [3.8, 4) is 0 Å². The van der Waals surface area contributed by atoms with Gasteiger partial charge in [0.25, 0.3) is 0 Å². The molecule has 17 heavy (non-hydrogen) atoms. The van der Waals surface area contributed by atoms with Crippen LogP contribution < -0.4 is 5.73 Å². The van der Waals surface area contributed by atoms with Gasteiger partial charge in [-0.1, -0.05) is 0 Å². The van der Waals surface area contributed by atoms with E-state index in [-0.39, 0.29) is 0 Å². The van der Waals surface area contributed by atoms with Gasteiger partial charge in [0.15, 0.2) is 0 Å². The third-order valence-electron chi connectivity index (χ3n) is 2.79. The maximum Gasteiger partial charge on any atom is 0.126 e. The number of aryl methyl sites for hydroxylation is 1. The van der Waals surface area contributed by atoms with Gasteiger partial charge < -0.3 is 5.73 Å². The Balaban J connectivity index is 2.50. The number of benzene rings is 1. The molecule has 0 spiro atoms. The van der Waals surface area contributed by atoms with Crippen molar-refractivity contribution in [2.24, 2.45) is 5.73 Å². The smallest absolute Gasteiger partial charge is 0.126 e. The molecule has 0 amide bonds. The van der Waals surface area contributed by atoms with E-state index in [2.05, 4.69) is 0 Å². The van der Waals surface area contributed by atoms with Gasteiger partial charge in [0.1, 0.15) is 11.6 Å². The van der Waals surface area contributed by atoms with Crippen LogP contribution in [-0.2, 0) is 5.54 Å². The van der Waals surface area contributed by atoms with Crippen molar-refractivity contribution >= 4 is 11.3 Å². The quantitative estimate of drug-likeness (QED) is 0.870. The Morgan fingerprint density at radius 1 is 1.06 bits per heavy atom. The Morgan fingerprint density at radius 2 is 1.65 bits per heavy atom. The Morgan fingerprint density at radius 3 is 2.12 bits per heavy atom. The summed E-state index contributed by atoms with van der Waals surface area (Å²) in [7, 11) is 0. The number of rotatable bonds is 2. The van der Waals surface area contributed by atoms with Gasteiger partial charge in [0.2, 0.25) is 0 Å². The summed E-state index contributed by atoms with van der Waals surface area (Å²) in [6, 6.07) is 5.33. The average molecular weight is 253 g/mol. The van der Waals surface area contributed by atoms with Gasteiger partial charge in [-0.3, -0.25) is 0 Å². The molecule has 0 saturated carbocycles. The normalized spacial score (nSPS) is 14.6. The van der Waals surface area contributed by atoms with E-state index < -0.39 is 17.2 Å². The lowest BCUT2D eigenvalue weighted by atomic mass is 9.87. The van der Waals surface area contributed by atoms with Gasteiger partial charge >= 0.3 is 0 Å². The molecule has 2 aromatic rings. The highest BCUT2D eigenvalue weighted by Gasteiger charge is 2.25. The second-order valence-electron chi connectivity index (χ2n) is 4.31. The van der Waals surface area contributed by atoms with E-state index in [1.165, 1.54) is 12.1 Å². The monoisotopic (exact) mass is 253 g/mol. The number of hydrogen-bond acceptors (Lipinski definition) is 2. The minimum absolute atomic E-state index is 0.438. The lowest BCUT2D eigenvalue weighted by molar-refractivity contribution is 0.551. The molecule has 1 nitrogen and oxygen atoms in total. The summed E-state index contributed by atoms with van der Waals surface area (Å²) in [5.74, 6) is -1.22. The predicted molar refractivity (Wildman–Crippen MR) is 66.1 cm³/mol.